The van der Waals surface area contributed by atoms with Gasteiger partial charge in [0.25, 0.3) is 11.2 Å². The van der Waals surface area contributed by atoms with E-state index in [-0.39, 0.29) is 11.2 Å². The van der Waals surface area contributed by atoms with Gasteiger partial charge in [-0.05, 0) is 17.5 Å². The van der Waals surface area contributed by atoms with Crippen molar-refractivity contribution in [3.63, 3.8) is 0 Å². The number of pyridine rings is 1. The second-order valence-corrected chi connectivity index (χ2v) is 4.37. The summed E-state index contributed by atoms with van der Waals surface area (Å²) in [4.78, 5) is 22.6. The van der Waals surface area contributed by atoms with Crippen LogP contribution in [0.25, 0.3) is 21.7 Å². The van der Waals surface area contributed by atoms with Gasteiger partial charge in [-0.1, -0.05) is 18.2 Å². The molecule has 0 fully saturated rings. The molecular formula is C14H10N2O3. The number of hydrogen-bond acceptors (Lipinski definition) is 3. The average Bonchev–Trinajstić information content (AvgIpc) is 2.44. The second kappa shape index (κ2) is 3.91. The standard InChI is InChI=1S/C14H10N2O3/c1-15-13-5-3-2-4-11(13)10-7-6-9(16(18)19)8-12(10)14(15)17/h2-8H,1H3. The maximum absolute atomic E-state index is 12.3. The van der Waals surface area contributed by atoms with Crippen LogP contribution in [0.15, 0.2) is 47.3 Å². The van der Waals surface area contributed by atoms with E-state index in [9.17, 15) is 14.9 Å². The van der Waals surface area contributed by atoms with Gasteiger partial charge in [-0.25, -0.2) is 0 Å². The number of hydrogen-bond donors (Lipinski definition) is 0. The summed E-state index contributed by atoms with van der Waals surface area (Å²) < 4.78 is 1.52. The normalized spacial score (nSPS) is 11.0. The highest BCUT2D eigenvalue weighted by Gasteiger charge is 2.12. The van der Waals surface area contributed by atoms with Crippen molar-refractivity contribution in [1.82, 2.24) is 4.57 Å². The summed E-state index contributed by atoms with van der Waals surface area (Å²) in [5.74, 6) is 0. The first-order valence-electron chi connectivity index (χ1n) is 5.75. The summed E-state index contributed by atoms with van der Waals surface area (Å²) in [6.45, 7) is 0. The topological polar surface area (TPSA) is 65.1 Å². The largest absolute Gasteiger partial charge is 0.311 e. The number of para-hydroxylation sites is 1. The number of nitrogens with zero attached hydrogens (tertiary/aromatic N) is 2. The average molecular weight is 254 g/mol. The molecule has 0 radical (unpaired) electrons. The van der Waals surface area contributed by atoms with E-state index < -0.39 is 4.92 Å². The lowest BCUT2D eigenvalue weighted by atomic mass is 10.1. The van der Waals surface area contributed by atoms with Crippen molar-refractivity contribution in [1.29, 1.82) is 0 Å². The number of nitro groups is 1. The van der Waals surface area contributed by atoms with E-state index in [1.807, 2.05) is 24.3 Å². The number of aromatic nitrogens is 1. The molecule has 5 nitrogen and oxygen atoms in total. The molecule has 0 saturated carbocycles. The van der Waals surface area contributed by atoms with Crippen LogP contribution in [0.4, 0.5) is 5.69 Å². The molecule has 1 aromatic heterocycles. The molecule has 3 aromatic rings. The van der Waals surface area contributed by atoms with Gasteiger partial charge in [-0.2, -0.15) is 0 Å². The lowest BCUT2D eigenvalue weighted by molar-refractivity contribution is -0.384. The molecule has 0 aliphatic heterocycles. The van der Waals surface area contributed by atoms with E-state index in [0.717, 1.165) is 16.3 Å². The Morgan fingerprint density at radius 1 is 1.05 bits per heavy atom. The monoisotopic (exact) mass is 254 g/mol. The highest BCUT2D eigenvalue weighted by molar-refractivity contribution is 6.06. The minimum Gasteiger partial charge on any atom is -0.311 e. The third-order valence-electron chi connectivity index (χ3n) is 3.30. The number of nitro benzene ring substituents is 1. The zero-order valence-corrected chi connectivity index (χ0v) is 10.2. The predicted octanol–water partition coefficient (Wildman–Crippen LogP) is 2.60. The van der Waals surface area contributed by atoms with Crippen LogP contribution in [0, 0.1) is 10.1 Å². The summed E-state index contributed by atoms with van der Waals surface area (Å²) in [5, 5.41) is 12.8. The van der Waals surface area contributed by atoms with Gasteiger partial charge in [0.2, 0.25) is 0 Å². The maximum atomic E-state index is 12.3. The number of aryl methyl sites for hydroxylation is 1. The van der Waals surface area contributed by atoms with Gasteiger partial charge >= 0.3 is 0 Å². The van der Waals surface area contributed by atoms with Gasteiger partial charge in [0, 0.05) is 24.6 Å². The SMILES string of the molecule is Cn1c(=O)c2cc([N+](=O)[O-])ccc2c2ccccc21. The summed E-state index contributed by atoms with van der Waals surface area (Å²) in [6, 6.07) is 11.9. The smallest absolute Gasteiger partial charge is 0.270 e. The maximum Gasteiger partial charge on any atom is 0.270 e. The van der Waals surface area contributed by atoms with Crippen LogP contribution in [-0.2, 0) is 7.05 Å². The van der Waals surface area contributed by atoms with E-state index >= 15 is 0 Å². The lowest BCUT2D eigenvalue weighted by Crippen LogP contribution is -2.17. The first-order chi connectivity index (χ1) is 9.09. The van der Waals surface area contributed by atoms with E-state index in [4.69, 9.17) is 0 Å². The zero-order valence-electron chi connectivity index (χ0n) is 10.2. The molecule has 0 N–H and O–H groups in total. The first kappa shape index (κ1) is 11.4. The van der Waals surface area contributed by atoms with Crippen molar-refractivity contribution in [2.24, 2.45) is 7.05 Å². The van der Waals surface area contributed by atoms with Crippen molar-refractivity contribution in [3.8, 4) is 0 Å². The van der Waals surface area contributed by atoms with Crippen molar-refractivity contribution in [2.75, 3.05) is 0 Å². The van der Waals surface area contributed by atoms with Crippen LogP contribution < -0.4 is 5.56 Å². The van der Waals surface area contributed by atoms with Crippen LogP contribution >= 0.6 is 0 Å². The minimum absolute atomic E-state index is 0.0696. The van der Waals surface area contributed by atoms with Crippen LogP contribution in [0.2, 0.25) is 0 Å². The minimum atomic E-state index is -0.492. The Hall–Kier alpha value is -2.69. The summed E-state index contributed by atoms with van der Waals surface area (Å²) in [7, 11) is 1.67. The van der Waals surface area contributed by atoms with Gasteiger partial charge in [0.05, 0.1) is 15.8 Å². The molecule has 0 atom stereocenters. The molecule has 0 aliphatic rings. The van der Waals surface area contributed by atoms with Crippen LogP contribution in [0.1, 0.15) is 0 Å². The van der Waals surface area contributed by atoms with E-state index in [2.05, 4.69) is 0 Å². The van der Waals surface area contributed by atoms with Crippen LogP contribution in [0.3, 0.4) is 0 Å². The molecule has 5 heteroatoms. The van der Waals surface area contributed by atoms with Crippen molar-refractivity contribution < 1.29 is 4.92 Å². The predicted molar refractivity (Wildman–Crippen MR) is 73.3 cm³/mol. The number of fused-ring (bicyclic) bond motifs is 3. The van der Waals surface area contributed by atoms with Gasteiger partial charge in [0.1, 0.15) is 0 Å². The Labute approximate surface area is 107 Å². The molecule has 0 saturated heterocycles. The summed E-state index contributed by atoms with van der Waals surface area (Å²) >= 11 is 0. The summed E-state index contributed by atoms with van der Waals surface area (Å²) in [6.07, 6.45) is 0. The number of rotatable bonds is 1. The van der Waals surface area contributed by atoms with Crippen LogP contribution in [-0.4, -0.2) is 9.49 Å². The Kier molecular flexibility index (Phi) is 2.35. The van der Waals surface area contributed by atoms with E-state index in [0.29, 0.717) is 5.39 Å². The van der Waals surface area contributed by atoms with Crippen molar-refractivity contribution in [2.45, 2.75) is 0 Å². The fourth-order valence-corrected chi connectivity index (χ4v) is 2.34. The van der Waals surface area contributed by atoms with E-state index in [1.165, 1.54) is 16.7 Å². The third kappa shape index (κ3) is 1.59. The Morgan fingerprint density at radius 3 is 2.53 bits per heavy atom. The second-order valence-electron chi connectivity index (χ2n) is 4.37. The van der Waals surface area contributed by atoms with E-state index in [1.54, 1.807) is 13.1 Å². The van der Waals surface area contributed by atoms with Gasteiger partial charge in [-0.3, -0.25) is 14.9 Å². The molecule has 0 spiro atoms. The Bertz CT molecular complexity index is 881. The molecule has 19 heavy (non-hydrogen) atoms. The van der Waals surface area contributed by atoms with Crippen molar-refractivity contribution in [3.05, 3.63) is 62.9 Å². The molecule has 1 heterocycles. The van der Waals surface area contributed by atoms with Crippen molar-refractivity contribution >= 4 is 27.4 Å². The van der Waals surface area contributed by atoms with Gasteiger partial charge in [-0.15, -0.1) is 0 Å². The lowest BCUT2D eigenvalue weighted by Gasteiger charge is -2.08. The molecule has 0 bridgehead atoms. The Morgan fingerprint density at radius 2 is 1.79 bits per heavy atom. The highest BCUT2D eigenvalue weighted by atomic mass is 16.6. The summed E-state index contributed by atoms with van der Waals surface area (Å²) in [5.41, 5.74) is 0.520. The van der Waals surface area contributed by atoms with Crippen LogP contribution in [0.5, 0.6) is 0 Å². The fraction of sp³-hybridized carbons (Fsp3) is 0.0714. The molecule has 0 unspecified atom stereocenters. The zero-order chi connectivity index (χ0) is 13.6. The quantitative estimate of drug-likeness (QED) is 0.381. The number of benzene rings is 2. The molecule has 2 aromatic carbocycles. The molecule has 3 rings (SSSR count). The highest BCUT2D eigenvalue weighted by Crippen LogP contribution is 2.25. The Balaban J connectivity index is 2.58. The molecule has 0 aliphatic carbocycles. The fourth-order valence-electron chi connectivity index (χ4n) is 2.34. The molecule has 0 amide bonds. The first-order valence-corrected chi connectivity index (χ1v) is 5.75. The third-order valence-corrected chi connectivity index (χ3v) is 3.30. The molecule has 94 valence electrons. The number of non-ortho nitro benzene ring substituents is 1. The van der Waals surface area contributed by atoms with Gasteiger partial charge < -0.3 is 4.57 Å². The van der Waals surface area contributed by atoms with Gasteiger partial charge in [0.15, 0.2) is 0 Å². The molecular weight excluding hydrogens is 244 g/mol.